The number of H-pyrrole nitrogens is 1. The van der Waals surface area contributed by atoms with E-state index in [1.165, 1.54) is 5.56 Å². The number of nitrogens with two attached hydrogens (primary N) is 1. The quantitative estimate of drug-likeness (QED) is 0.837. The minimum absolute atomic E-state index is 0. The smallest absolute Gasteiger partial charge is 0.251 e. The van der Waals surface area contributed by atoms with Crippen molar-refractivity contribution >= 4 is 23.3 Å². The van der Waals surface area contributed by atoms with Crippen LogP contribution in [0.5, 0.6) is 5.75 Å². The van der Waals surface area contributed by atoms with Crippen molar-refractivity contribution in [2.45, 2.75) is 26.4 Å². The van der Waals surface area contributed by atoms with Gasteiger partial charge >= 0.3 is 0 Å². The Kier molecular flexibility index (Phi) is 3.56. The summed E-state index contributed by atoms with van der Waals surface area (Å²) in [7, 11) is 0. The molecule has 0 saturated carbocycles. The van der Waals surface area contributed by atoms with E-state index in [1.54, 1.807) is 0 Å². The number of hydrogen-bond donors (Lipinski definition) is 2. The summed E-state index contributed by atoms with van der Waals surface area (Å²) in [5.74, 6) is 0.880. The van der Waals surface area contributed by atoms with Gasteiger partial charge in [0.1, 0.15) is 11.9 Å². The van der Waals surface area contributed by atoms with Gasteiger partial charge in [0.25, 0.3) is 5.56 Å². The van der Waals surface area contributed by atoms with Crippen LogP contribution in [0.15, 0.2) is 16.9 Å². The molecule has 102 valence electrons. The summed E-state index contributed by atoms with van der Waals surface area (Å²) in [5, 5.41) is 0.984. The maximum atomic E-state index is 11.7. The normalized spacial score (nSPS) is 16.9. The Morgan fingerprint density at radius 1 is 1.37 bits per heavy atom. The summed E-state index contributed by atoms with van der Waals surface area (Å²) in [6, 6.07) is 3.98. The van der Waals surface area contributed by atoms with Crippen LogP contribution in [0, 0.1) is 13.8 Å². The molecule has 1 aromatic heterocycles. The molecule has 0 aliphatic carbocycles. The van der Waals surface area contributed by atoms with E-state index in [-0.39, 0.29) is 24.1 Å². The Bertz CT molecular complexity index is 694. The van der Waals surface area contributed by atoms with Gasteiger partial charge in [0.05, 0.1) is 5.52 Å². The van der Waals surface area contributed by atoms with Crippen molar-refractivity contribution in [1.29, 1.82) is 0 Å². The highest BCUT2D eigenvalue weighted by molar-refractivity contribution is 5.90. The predicted molar refractivity (Wildman–Crippen MR) is 78.5 cm³/mol. The van der Waals surface area contributed by atoms with Gasteiger partial charge in [-0.25, -0.2) is 0 Å². The first kappa shape index (κ1) is 13.9. The first-order chi connectivity index (χ1) is 8.60. The summed E-state index contributed by atoms with van der Waals surface area (Å²) in [6.45, 7) is 4.32. The zero-order chi connectivity index (χ0) is 12.9. The summed E-state index contributed by atoms with van der Waals surface area (Å²) in [4.78, 5) is 14.6. The van der Waals surface area contributed by atoms with Crippen LogP contribution in [0.4, 0.5) is 0 Å². The Labute approximate surface area is 117 Å². The van der Waals surface area contributed by atoms with Crippen molar-refractivity contribution in [3.8, 4) is 5.75 Å². The second kappa shape index (κ2) is 4.87. The van der Waals surface area contributed by atoms with E-state index < -0.39 is 0 Å². The Morgan fingerprint density at radius 3 is 2.79 bits per heavy atom. The lowest BCUT2D eigenvalue weighted by Crippen LogP contribution is -2.24. The molecule has 0 fully saturated rings. The molecule has 1 aromatic carbocycles. The summed E-state index contributed by atoms with van der Waals surface area (Å²) < 4.78 is 5.87. The van der Waals surface area contributed by atoms with Crippen LogP contribution >= 0.6 is 12.4 Å². The van der Waals surface area contributed by atoms with E-state index in [4.69, 9.17) is 10.5 Å². The molecule has 3 rings (SSSR count). The van der Waals surface area contributed by atoms with Crippen molar-refractivity contribution in [1.82, 2.24) is 4.98 Å². The van der Waals surface area contributed by atoms with Crippen LogP contribution in [0.2, 0.25) is 0 Å². The average molecular weight is 281 g/mol. The molecule has 0 radical (unpaired) electrons. The van der Waals surface area contributed by atoms with Gasteiger partial charge in [-0.15, -0.1) is 12.4 Å². The molecule has 0 spiro atoms. The third-order valence-electron chi connectivity index (χ3n) is 3.54. The minimum atomic E-state index is -0.0427. The van der Waals surface area contributed by atoms with Gasteiger partial charge in [-0.05, 0) is 31.0 Å². The highest BCUT2D eigenvalue weighted by Crippen LogP contribution is 2.37. The van der Waals surface area contributed by atoms with E-state index in [1.807, 2.05) is 19.9 Å². The first-order valence-electron chi connectivity index (χ1n) is 6.13. The SMILES string of the molecule is Cc1cc2c3c(cc(C)c2[nH]c1=O)CC(CN)O3.Cl. The van der Waals surface area contributed by atoms with Gasteiger partial charge in [0, 0.05) is 23.9 Å². The van der Waals surface area contributed by atoms with Gasteiger partial charge in [-0.2, -0.15) is 0 Å². The fourth-order valence-corrected chi connectivity index (χ4v) is 2.57. The van der Waals surface area contributed by atoms with E-state index in [0.717, 1.165) is 28.6 Å². The molecule has 0 amide bonds. The van der Waals surface area contributed by atoms with E-state index in [2.05, 4.69) is 11.1 Å². The summed E-state index contributed by atoms with van der Waals surface area (Å²) in [5.41, 5.74) is 9.44. The Hall–Kier alpha value is -1.52. The van der Waals surface area contributed by atoms with Gasteiger partial charge in [-0.1, -0.05) is 6.07 Å². The van der Waals surface area contributed by atoms with Gasteiger partial charge in [0.15, 0.2) is 0 Å². The predicted octanol–water partition coefficient (Wildman–Crippen LogP) is 1.83. The molecule has 5 heteroatoms. The zero-order valence-electron chi connectivity index (χ0n) is 10.9. The van der Waals surface area contributed by atoms with Crippen LogP contribution < -0.4 is 16.0 Å². The Balaban J connectivity index is 0.00000133. The van der Waals surface area contributed by atoms with Crippen molar-refractivity contribution in [3.63, 3.8) is 0 Å². The lowest BCUT2D eigenvalue weighted by Gasteiger charge is -2.10. The molecule has 2 heterocycles. The molecular formula is C14H17ClN2O2. The van der Waals surface area contributed by atoms with E-state index >= 15 is 0 Å². The number of fused-ring (bicyclic) bond motifs is 3. The lowest BCUT2D eigenvalue weighted by atomic mass is 10.0. The fraction of sp³-hybridized carbons (Fsp3) is 0.357. The molecule has 2 aromatic rings. The first-order valence-corrected chi connectivity index (χ1v) is 6.13. The number of rotatable bonds is 1. The molecule has 4 nitrogen and oxygen atoms in total. The number of ether oxygens (including phenoxy) is 1. The highest BCUT2D eigenvalue weighted by atomic mass is 35.5. The number of aryl methyl sites for hydroxylation is 2. The molecular weight excluding hydrogens is 264 g/mol. The average Bonchev–Trinajstić information content (AvgIpc) is 2.75. The fourth-order valence-electron chi connectivity index (χ4n) is 2.57. The summed E-state index contributed by atoms with van der Waals surface area (Å²) in [6.07, 6.45) is 0.901. The number of aromatic nitrogens is 1. The molecule has 1 unspecified atom stereocenters. The number of benzene rings is 1. The third-order valence-corrected chi connectivity index (χ3v) is 3.54. The van der Waals surface area contributed by atoms with Crippen LogP contribution in [-0.2, 0) is 6.42 Å². The van der Waals surface area contributed by atoms with E-state index in [0.29, 0.717) is 12.1 Å². The van der Waals surface area contributed by atoms with Crippen LogP contribution in [0.3, 0.4) is 0 Å². The lowest BCUT2D eigenvalue weighted by molar-refractivity contribution is 0.244. The second-order valence-corrected chi connectivity index (χ2v) is 4.93. The summed E-state index contributed by atoms with van der Waals surface area (Å²) >= 11 is 0. The number of halogens is 1. The van der Waals surface area contributed by atoms with Gasteiger partial charge < -0.3 is 15.5 Å². The highest BCUT2D eigenvalue weighted by Gasteiger charge is 2.25. The van der Waals surface area contributed by atoms with Crippen LogP contribution in [0.1, 0.15) is 16.7 Å². The van der Waals surface area contributed by atoms with E-state index in [9.17, 15) is 4.79 Å². The minimum Gasteiger partial charge on any atom is -0.488 e. The second-order valence-electron chi connectivity index (χ2n) is 4.93. The Morgan fingerprint density at radius 2 is 2.11 bits per heavy atom. The largest absolute Gasteiger partial charge is 0.488 e. The van der Waals surface area contributed by atoms with Crippen molar-refractivity contribution < 1.29 is 4.74 Å². The number of nitrogens with one attached hydrogen (secondary N) is 1. The van der Waals surface area contributed by atoms with Gasteiger partial charge in [-0.3, -0.25) is 4.79 Å². The molecule has 19 heavy (non-hydrogen) atoms. The number of aromatic amines is 1. The van der Waals surface area contributed by atoms with Crippen molar-refractivity contribution in [2.24, 2.45) is 5.73 Å². The molecule has 1 atom stereocenters. The number of pyridine rings is 1. The van der Waals surface area contributed by atoms with Crippen molar-refractivity contribution in [2.75, 3.05) is 6.54 Å². The number of hydrogen-bond acceptors (Lipinski definition) is 3. The van der Waals surface area contributed by atoms with Crippen molar-refractivity contribution in [3.05, 3.63) is 39.2 Å². The molecule has 0 bridgehead atoms. The molecule has 0 saturated heterocycles. The topological polar surface area (TPSA) is 68.1 Å². The zero-order valence-corrected chi connectivity index (χ0v) is 11.8. The third kappa shape index (κ3) is 2.11. The monoisotopic (exact) mass is 280 g/mol. The van der Waals surface area contributed by atoms with Gasteiger partial charge in [0.2, 0.25) is 0 Å². The standard InChI is InChI=1S/C14H16N2O2.ClH/c1-7-3-9-5-10(6-15)18-13(9)11-4-8(2)14(17)16-12(7)11;/h3-4,10H,5-6,15H2,1-2H3,(H,16,17);1H. The molecule has 1 aliphatic rings. The molecule has 3 N–H and O–H groups in total. The molecule has 1 aliphatic heterocycles. The maximum absolute atomic E-state index is 11.7. The maximum Gasteiger partial charge on any atom is 0.251 e. The van der Waals surface area contributed by atoms with Crippen LogP contribution in [-0.4, -0.2) is 17.6 Å². The van der Waals surface area contributed by atoms with Crippen LogP contribution in [0.25, 0.3) is 10.9 Å².